The fourth-order valence-electron chi connectivity index (χ4n) is 2.55. The monoisotopic (exact) mass is 405 g/mol. The molecule has 0 saturated carbocycles. The molecule has 1 heterocycles. The van der Waals surface area contributed by atoms with Crippen LogP contribution >= 0.6 is 11.8 Å². The van der Waals surface area contributed by atoms with Gasteiger partial charge >= 0.3 is 0 Å². The van der Waals surface area contributed by atoms with Crippen molar-refractivity contribution in [3.8, 4) is 0 Å². The maximum absolute atomic E-state index is 13.9. The number of hydrogen-bond donors (Lipinski definition) is 1. The van der Waals surface area contributed by atoms with Crippen LogP contribution in [0.4, 0.5) is 8.78 Å². The zero-order valence-electron chi connectivity index (χ0n) is 15.9. The molecule has 1 aliphatic rings. The van der Waals surface area contributed by atoms with E-state index < -0.39 is 11.6 Å². The molecule has 2 aromatic carbocycles. The Bertz CT molecular complexity index is 760. The fourth-order valence-corrected chi connectivity index (χ4v) is 3.77. The highest BCUT2D eigenvalue weighted by Crippen LogP contribution is 2.34. The molecule has 0 saturated heterocycles. The van der Waals surface area contributed by atoms with Crippen LogP contribution in [0, 0.1) is 11.6 Å². The van der Waals surface area contributed by atoms with E-state index in [0.717, 1.165) is 24.6 Å². The highest BCUT2D eigenvalue weighted by atomic mass is 32.2. The summed E-state index contributed by atoms with van der Waals surface area (Å²) in [6.07, 6.45) is 2.49. The average molecular weight is 406 g/mol. The number of carbonyl (C=O) groups is 1. The van der Waals surface area contributed by atoms with Crippen LogP contribution in [-0.4, -0.2) is 27.9 Å². The maximum atomic E-state index is 13.9. The van der Waals surface area contributed by atoms with Crippen LogP contribution in [-0.2, 0) is 4.79 Å². The van der Waals surface area contributed by atoms with E-state index >= 15 is 0 Å². The lowest BCUT2D eigenvalue weighted by molar-refractivity contribution is -0.131. The van der Waals surface area contributed by atoms with Crippen molar-refractivity contribution in [3.05, 3.63) is 71.8 Å². The number of carbonyl (C=O) groups excluding carboxylic acids is 1. The first kappa shape index (κ1) is 22.0. The van der Waals surface area contributed by atoms with Crippen LogP contribution in [0.1, 0.15) is 38.2 Å². The van der Waals surface area contributed by atoms with Crippen LogP contribution in [0.5, 0.6) is 0 Å². The second-order valence-electron chi connectivity index (χ2n) is 6.18. The molecule has 0 fully saturated rings. The van der Waals surface area contributed by atoms with Crippen molar-refractivity contribution >= 4 is 22.7 Å². The Morgan fingerprint density at radius 3 is 2.39 bits per heavy atom. The number of rotatable bonds is 6. The summed E-state index contributed by atoms with van der Waals surface area (Å²) in [5, 5.41) is 5.75. The van der Waals surface area contributed by atoms with E-state index in [0.29, 0.717) is 30.9 Å². The van der Waals surface area contributed by atoms with Gasteiger partial charge in [0.1, 0.15) is 22.1 Å². The number of benzene rings is 2. The summed E-state index contributed by atoms with van der Waals surface area (Å²) in [5.41, 5.74) is 5.61. The lowest BCUT2D eigenvalue weighted by Gasteiger charge is -2.20. The van der Waals surface area contributed by atoms with Gasteiger partial charge in [-0.25, -0.2) is 13.8 Å². The van der Waals surface area contributed by atoms with E-state index in [1.807, 2.05) is 43.3 Å². The zero-order valence-corrected chi connectivity index (χ0v) is 16.7. The van der Waals surface area contributed by atoms with Crippen molar-refractivity contribution in [2.45, 2.75) is 38.0 Å². The molecule has 2 N–H and O–H groups in total. The number of nitrogens with two attached hydrogens (primary N) is 1. The minimum Gasteiger partial charge on any atom is -0.330 e. The van der Waals surface area contributed by atoms with E-state index in [4.69, 9.17) is 5.73 Å². The highest BCUT2D eigenvalue weighted by Gasteiger charge is 2.32. The molecule has 7 heteroatoms. The first-order valence-corrected chi connectivity index (χ1v) is 10.2. The van der Waals surface area contributed by atoms with E-state index in [1.54, 1.807) is 0 Å². The predicted octanol–water partition coefficient (Wildman–Crippen LogP) is 4.75. The third-order valence-corrected chi connectivity index (χ3v) is 5.15. The van der Waals surface area contributed by atoms with Gasteiger partial charge in [0.05, 0.1) is 0 Å². The van der Waals surface area contributed by atoms with Gasteiger partial charge in [-0.05, 0) is 44.0 Å². The Morgan fingerprint density at radius 1 is 1.18 bits per heavy atom. The van der Waals surface area contributed by atoms with Crippen LogP contribution in [0.2, 0.25) is 0 Å². The van der Waals surface area contributed by atoms with Crippen molar-refractivity contribution in [1.82, 2.24) is 5.01 Å². The third-order valence-electron chi connectivity index (χ3n) is 3.92. The Morgan fingerprint density at radius 2 is 1.82 bits per heavy atom. The van der Waals surface area contributed by atoms with Gasteiger partial charge in [-0.15, -0.1) is 0 Å². The first-order valence-electron chi connectivity index (χ1n) is 9.29. The zero-order chi connectivity index (χ0) is 20.4. The lowest BCUT2D eigenvalue weighted by atomic mass is 10.2. The topological polar surface area (TPSA) is 58.7 Å². The molecule has 1 amide bonds. The van der Waals surface area contributed by atoms with Crippen molar-refractivity contribution in [1.29, 1.82) is 0 Å². The smallest absolute Gasteiger partial charge is 0.243 e. The second-order valence-corrected chi connectivity index (χ2v) is 7.34. The molecule has 28 heavy (non-hydrogen) atoms. The molecule has 3 rings (SSSR count). The standard InChI is InChI=1S/C15H19F2N3OS.C6H6/c1-2-4-13(21)20-14(5-3-8-18)22-15(19-20)11-9-10(16)6-7-12(11)17;1-2-4-6-5-3-1/h6-7,9,14H,2-5,8,18H2,1H3;1-6H. The summed E-state index contributed by atoms with van der Waals surface area (Å²) in [5.74, 6) is -1.18. The summed E-state index contributed by atoms with van der Waals surface area (Å²) in [6.45, 7) is 2.42. The van der Waals surface area contributed by atoms with Gasteiger partial charge in [-0.3, -0.25) is 4.79 Å². The Hall–Kier alpha value is -2.25. The van der Waals surface area contributed by atoms with Crippen LogP contribution in [0.3, 0.4) is 0 Å². The van der Waals surface area contributed by atoms with E-state index in [1.165, 1.54) is 16.8 Å². The van der Waals surface area contributed by atoms with Gasteiger partial charge in [-0.1, -0.05) is 55.1 Å². The first-order chi connectivity index (χ1) is 13.6. The van der Waals surface area contributed by atoms with Crippen LogP contribution in [0.25, 0.3) is 0 Å². The average Bonchev–Trinajstić information content (AvgIpc) is 3.14. The van der Waals surface area contributed by atoms with Crippen molar-refractivity contribution < 1.29 is 13.6 Å². The molecular formula is C21H25F2N3OS. The Labute approximate surface area is 168 Å². The summed E-state index contributed by atoms with van der Waals surface area (Å²) >= 11 is 1.28. The molecule has 4 nitrogen and oxygen atoms in total. The molecule has 2 aromatic rings. The van der Waals surface area contributed by atoms with Gasteiger partial charge in [0.25, 0.3) is 0 Å². The Balaban J connectivity index is 0.000000397. The number of thioether (sulfide) groups is 1. The van der Waals surface area contributed by atoms with Gasteiger partial charge < -0.3 is 5.73 Å². The molecule has 0 aliphatic carbocycles. The van der Waals surface area contributed by atoms with Gasteiger partial charge in [0.2, 0.25) is 5.91 Å². The minimum absolute atomic E-state index is 0.0922. The molecule has 1 unspecified atom stereocenters. The number of hydrogen-bond acceptors (Lipinski definition) is 4. The maximum Gasteiger partial charge on any atom is 0.243 e. The molecule has 0 bridgehead atoms. The van der Waals surface area contributed by atoms with Crippen molar-refractivity contribution in [2.75, 3.05) is 6.54 Å². The molecule has 150 valence electrons. The largest absolute Gasteiger partial charge is 0.330 e. The van der Waals surface area contributed by atoms with Crippen molar-refractivity contribution in [3.63, 3.8) is 0 Å². The van der Waals surface area contributed by atoms with E-state index in [-0.39, 0.29) is 16.8 Å². The SMILES string of the molecule is CCCC(=O)N1N=C(c2cc(F)ccc2F)SC1CCCN.c1ccccc1. The number of nitrogens with zero attached hydrogens (tertiary/aromatic N) is 2. The van der Waals surface area contributed by atoms with E-state index in [9.17, 15) is 13.6 Å². The summed E-state index contributed by atoms with van der Waals surface area (Å²) in [4.78, 5) is 12.2. The summed E-state index contributed by atoms with van der Waals surface area (Å²) in [6, 6.07) is 15.2. The third kappa shape index (κ3) is 6.42. The molecular weight excluding hydrogens is 380 g/mol. The van der Waals surface area contributed by atoms with E-state index in [2.05, 4.69) is 5.10 Å². The molecule has 1 atom stereocenters. The van der Waals surface area contributed by atoms with Crippen molar-refractivity contribution in [2.24, 2.45) is 10.8 Å². The van der Waals surface area contributed by atoms with Crippen LogP contribution in [0.15, 0.2) is 59.7 Å². The molecule has 0 radical (unpaired) electrons. The number of hydrazone groups is 1. The van der Waals surface area contributed by atoms with Crippen LogP contribution < -0.4 is 5.73 Å². The minimum atomic E-state index is -0.546. The summed E-state index contributed by atoms with van der Waals surface area (Å²) in [7, 11) is 0. The summed E-state index contributed by atoms with van der Waals surface area (Å²) < 4.78 is 27.2. The quantitative estimate of drug-likeness (QED) is 0.754. The molecule has 0 spiro atoms. The molecule has 1 aliphatic heterocycles. The fraction of sp³-hybridized carbons (Fsp3) is 0.333. The number of amides is 1. The van der Waals surface area contributed by atoms with Gasteiger partial charge in [0.15, 0.2) is 0 Å². The number of halogens is 2. The van der Waals surface area contributed by atoms with Gasteiger partial charge in [0, 0.05) is 12.0 Å². The highest BCUT2D eigenvalue weighted by molar-refractivity contribution is 8.15. The predicted molar refractivity (Wildman–Crippen MR) is 111 cm³/mol. The molecule has 0 aromatic heterocycles. The normalized spacial score (nSPS) is 15.6. The second kappa shape index (κ2) is 11.6. The Kier molecular flexibility index (Phi) is 9.10. The van der Waals surface area contributed by atoms with Gasteiger partial charge in [-0.2, -0.15) is 5.10 Å². The lowest BCUT2D eigenvalue weighted by Crippen LogP contribution is -2.31.